The van der Waals surface area contributed by atoms with Crippen LogP contribution in [0.2, 0.25) is 0 Å². The average Bonchev–Trinajstić information content (AvgIpc) is 2.29. The molecule has 1 rings (SSSR count). The molecule has 90 valence electrons. The Morgan fingerprint density at radius 1 is 1.60 bits per heavy atom. The Morgan fingerprint density at radius 2 is 2.33 bits per heavy atom. The molecule has 1 saturated carbocycles. The number of nitrogens with one attached hydrogen (secondary N) is 1. The maximum atomic E-state index is 9.58. The van der Waals surface area contributed by atoms with E-state index in [0.29, 0.717) is 12.1 Å². The lowest BCUT2D eigenvalue weighted by Crippen LogP contribution is -2.55. The Balaban J connectivity index is 2.57. The van der Waals surface area contributed by atoms with Gasteiger partial charge in [-0.15, -0.1) is 0 Å². The number of aliphatic hydroxyl groups is 1. The summed E-state index contributed by atoms with van der Waals surface area (Å²) < 4.78 is 5.41. The molecule has 3 atom stereocenters. The first kappa shape index (κ1) is 12.9. The lowest BCUT2D eigenvalue weighted by atomic mass is 9.80. The number of aliphatic hydroxyl groups excluding tert-OH is 1. The monoisotopic (exact) mass is 215 g/mol. The summed E-state index contributed by atoms with van der Waals surface area (Å²) in [6.45, 7) is 4.56. The molecule has 0 aromatic heterocycles. The van der Waals surface area contributed by atoms with Crippen LogP contribution in [0.1, 0.15) is 46.0 Å². The molecule has 1 aliphatic carbocycles. The number of methoxy groups -OCH3 is 1. The van der Waals surface area contributed by atoms with Gasteiger partial charge in [0.15, 0.2) is 0 Å². The molecule has 1 aliphatic rings. The van der Waals surface area contributed by atoms with Gasteiger partial charge < -0.3 is 15.2 Å². The molecule has 0 heterocycles. The second-order valence-corrected chi connectivity index (χ2v) is 4.85. The fraction of sp³-hybridized carbons (Fsp3) is 1.00. The van der Waals surface area contributed by atoms with Gasteiger partial charge in [0.2, 0.25) is 0 Å². The van der Waals surface area contributed by atoms with Crippen molar-refractivity contribution >= 4 is 0 Å². The van der Waals surface area contributed by atoms with E-state index >= 15 is 0 Å². The van der Waals surface area contributed by atoms with Crippen LogP contribution in [0.4, 0.5) is 0 Å². The Labute approximate surface area is 93.2 Å². The van der Waals surface area contributed by atoms with Gasteiger partial charge in [0.05, 0.1) is 12.7 Å². The molecule has 15 heavy (non-hydrogen) atoms. The molecule has 0 saturated heterocycles. The van der Waals surface area contributed by atoms with Crippen LogP contribution in [0.5, 0.6) is 0 Å². The number of hydrogen-bond donors (Lipinski definition) is 2. The molecule has 0 aromatic rings. The Hall–Kier alpha value is -0.120. The minimum atomic E-state index is -0.103. The molecule has 0 spiro atoms. The first-order chi connectivity index (χ1) is 7.15. The zero-order valence-electron chi connectivity index (χ0n) is 10.3. The highest BCUT2D eigenvalue weighted by Crippen LogP contribution is 2.30. The highest BCUT2D eigenvalue weighted by atomic mass is 16.5. The maximum absolute atomic E-state index is 9.58. The molecule has 2 N–H and O–H groups in total. The van der Waals surface area contributed by atoms with Crippen molar-refractivity contribution in [3.8, 4) is 0 Å². The first-order valence-corrected chi connectivity index (χ1v) is 6.07. The molecular formula is C12H25NO2. The van der Waals surface area contributed by atoms with E-state index in [2.05, 4.69) is 19.2 Å². The zero-order chi connectivity index (χ0) is 11.3. The molecule has 0 radical (unpaired) electrons. The molecule has 0 amide bonds. The van der Waals surface area contributed by atoms with Crippen molar-refractivity contribution in [1.29, 1.82) is 0 Å². The van der Waals surface area contributed by atoms with Crippen LogP contribution >= 0.6 is 0 Å². The van der Waals surface area contributed by atoms with Gasteiger partial charge in [-0.25, -0.2) is 0 Å². The van der Waals surface area contributed by atoms with Crippen LogP contribution in [0.25, 0.3) is 0 Å². The van der Waals surface area contributed by atoms with Crippen molar-refractivity contribution < 1.29 is 9.84 Å². The number of rotatable bonds is 5. The van der Waals surface area contributed by atoms with E-state index < -0.39 is 0 Å². The third kappa shape index (κ3) is 3.44. The summed E-state index contributed by atoms with van der Waals surface area (Å²) in [7, 11) is 1.77. The van der Waals surface area contributed by atoms with Crippen molar-refractivity contribution in [3.63, 3.8) is 0 Å². The molecule has 3 nitrogen and oxygen atoms in total. The smallest absolute Gasteiger partial charge is 0.0614 e. The van der Waals surface area contributed by atoms with Crippen LogP contribution in [-0.4, -0.2) is 36.5 Å². The van der Waals surface area contributed by atoms with Gasteiger partial charge in [-0.3, -0.25) is 0 Å². The fourth-order valence-corrected chi connectivity index (χ4v) is 2.45. The van der Waals surface area contributed by atoms with E-state index in [1.165, 1.54) is 0 Å². The van der Waals surface area contributed by atoms with Crippen LogP contribution in [0.3, 0.4) is 0 Å². The van der Waals surface area contributed by atoms with Crippen molar-refractivity contribution in [2.45, 2.75) is 63.6 Å². The fourth-order valence-electron chi connectivity index (χ4n) is 2.45. The summed E-state index contributed by atoms with van der Waals surface area (Å²) >= 11 is 0. The Kier molecular flexibility index (Phi) is 5.03. The van der Waals surface area contributed by atoms with E-state index in [1.807, 2.05) is 0 Å². The lowest BCUT2D eigenvalue weighted by molar-refractivity contribution is 0.00588. The van der Waals surface area contributed by atoms with Gasteiger partial charge in [-0.1, -0.05) is 6.92 Å². The largest absolute Gasteiger partial charge is 0.394 e. The zero-order valence-corrected chi connectivity index (χ0v) is 10.3. The SMILES string of the molecule is CCC(C)NC1(CO)CCCC(OC)C1. The minimum Gasteiger partial charge on any atom is -0.394 e. The van der Waals surface area contributed by atoms with E-state index in [1.54, 1.807) is 7.11 Å². The molecule has 3 heteroatoms. The standard InChI is InChI=1S/C12H25NO2/c1-4-10(2)13-12(9-14)7-5-6-11(8-12)15-3/h10-11,13-14H,4-9H2,1-3H3. The van der Waals surface area contributed by atoms with Gasteiger partial charge in [-0.05, 0) is 39.0 Å². The molecule has 0 aliphatic heterocycles. The van der Waals surface area contributed by atoms with E-state index in [9.17, 15) is 5.11 Å². The normalized spacial score (nSPS) is 34.0. The van der Waals surface area contributed by atoms with Gasteiger partial charge in [-0.2, -0.15) is 0 Å². The van der Waals surface area contributed by atoms with Crippen molar-refractivity contribution in [3.05, 3.63) is 0 Å². The quantitative estimate of drug-likeness (QED) is 0.733. The molecular weight excluding hydrogens is 190 g/mol. The number of hydrogen-bond acceptors (Lipinski definition) is 3. The third-order valence-electron chi connectivity index (χ3n) is 3.60. The van der Waals surface area contributed by atoms with E-state index in [0.717, 1.165) is 32.1 Å². The van der Waals surface area contributed by atoms with Gasteiger partial charge in [0.1, 0.15) is 0 Å². The topological polar surface area (TPSA) is 41.5 Å². The van der Waals surface area contributed by atoms with Gasteiger partial charge >= 0.3 is 0 Å². The Bertz CT molecular complexity index is 182. The predicted octanol–water partition coefficient (Wildman–Crippen LogP) is 1.69. The molecule has 3 unspecified atom stereocenters. The van der Waals surface area contributed by atoms with Crippen LogP contribution < -0.4 is 5.32 Å². The summed E-state index contributed by atoms with van der Waals surface area (Å²) in [5, 5.41) is 13.1. The summed E-state index contributed by atoms with van der Waals surface area (Å²) in [5.74, 6) is 0. The third-order valence-corrected chi connectivity index (χ3v) is 3.60. The first-order valence-electron chi connectivity index (χ1n) is 6.07. The van der Waals surface area contributed by atoms with Crippen LogP contribution in [0, 0.1) is 0 Å². The highest BCUT2D eigenvalue weighted by Gasteiger charge is 2.36. The minimum absolute atomic E-state index is 0.103. The van der Waals surface area contributed by atoms with Crippen LogP contribution in [-0.2, 0) is 4.74 Å². The maximum Gasteiger partial charge on any atom is 0.0614 e. The summed E-state index contributed by atoms with van der Waals surface area (Å²) in [6.07, 6.45) is 5.67. The summed E-state index contributed by atoms with van der Waals surface area (Å²) in [5.41, 5.74) is -0.103. The second-order valence-electron chi connectivity index (χ2n) is 4.85. The summed E-state index contributed by atoms with van der Waals surface area (Å²) in [4.78, 5) is 0. The highest BCUT2D eigenvalue weighted by molar-refractivity contribution is 4.95. The summed E-state index contributed by atoms with van der Waals surface area (Å²) in [6, 6.07) is 0.466. The van der Waals surface area contributed by atoms with Crippen molar-refractivity contribution in [2.24, 2.45) is 0 Å². The molecule has 0 bridgehead atoms. The van der Waals surface area contributed by atoms with Crippen LogP contribution in [0.15, 0.2) is 0 Å². The van der Waals surface area contributed by atoms with Crippen molar-refractivity contribution in [1.82, 2.24) is 5.32 Å². The predicted molar refractivity (Wildman–Crippen MR) is 62.0 cm³/mol. The van der Waals surface area contributed by atoms with E-state index in [4.69, 9.17) is 4.74 Å². The van der Waals surface area contributed by atoms with Crippen molar-refractivity contribution in [2.75, 3.05) is 13.7 Å². The van der Waals surface area contributed by atoms with E-state index in [-0.39, 0.29) is 12.1 Å². The average molecular weight is 215 g/mol. The van der Waals surface area contributed by atoms with Gasteiger partial charge in [0, 0.05) is 18.7 Å². The van der Waals surface area contributed by atoms with Gasteiger partial charge in [0.25, 0.3) is 0 Å². The Morgan fingerprint density at radius 3 is 2.87 bits per heavy atom. The molecule has 0 aromatic carbocycles. The molecule has 1 fully saturated rings. The lowest BCUT2D eigenvalue weighted by Gasteiger charge is -2.41. The second kappa shape index (κ2) is 5.83. The number of ether oxygens (including phenoxy) is 1.